The van der Waals surface area contributed by atoms with Crippen molar-refractivity contribution in [2.24, 2.45) is 0 Å². The van der Waals surface area contributed by atoms with Crippen molar-refractivity contribution in [1.82, 2.24) is 0 Å². The predicted octanol–water partition coefficient (Wildman–Crippen LogP) is 4.39. The van der Waals surface area contributed by atoms with Gasteiger partial charge < -0.3 is 4.74 Å². The lowest BCUT2D eigenvalue weighted by atomic mass is 10.2. The first kappa shape index (κ1) is 13.6. The van der Waals surface area contributed by atoms with Crippen molar-refractivity contribution in [2.45, 2.75) is 26.4 Å². The van der Waals surface area contributed by atoms with Crippen molar-refractivity contribution in [3.8, 4) is 5.75 Å². The SMILES string of the molecule is CCC(=O)C(C)Oc1c(Cl)cc(Cl)cc1Cl. The summed E-state index contributed by atoms with van der Waals surface area (Å²) >= 11 is 17.6. The highest BCUT2D eigenvalue weighted by Gasteiger charge is 2.16. The van der Waals surface area contributed by atoms with Crippen molar-refractivity contribution < 1.29 is 9.53 Å². The van der Waals surface area contributed by atoms with Gasteiger partial charge in [-0.3, -0.25) is 4.79 Å². The molecule has 88 valence electrons. The Balaban J connectivity index is 2.93. The van der Waals surface area contributed by atoms with Crippen LogP contribution in [0.1, 0.15) is 20.3 Å². The lowest BCUT2D eigenvalue weighted by Crippen LogP contribution is -2.23. The standard InChI is InChI=1S/C11H11Cl3O2/c1-3-10(15)6(2)16-11-8(13)4-7(12)5-9(11)14/h4-6H,3H2,1-2H3. The number of rotatable bonds is 4. The zero-order valence-electron chi connectivity index (χ0n) is 8.89. The maximum absolute atomic E-state index is 11.4. The number of hydrogen-bond acceptors (Lipinski definition) is 2. The molecule has 0 N–H and O–H groups in total. The Hall–Kier alpha value is -0.440. The van der Waals surface area contributed by atoms with E-state index in [1.807, 2.05) is 0 Å². The van der Waals surface area contributed by atoms with Crippen LogP contribution in [0.25, 0.3) is 0 Å². The van der Waals surface area contributed by atoms with Crippen LogP contribution in [0.4, 0.5) is 0 Å². The first-order chi connectivity index (χ1) is 7.45. The van der Waals surface area contributed by atoms with Gasteiger partial charge >= 0.3 is 0 Å². The molecule has 0 aliphatic carbocycles. The zero-order valence-corrected chi connectivity index (χ0v) is 11.2. The predicted molar refractivity (Wildman–Crippen MR) is 66.9 cm³/mol. The molecule has 1 aromatic rings. The fraction of sp³-hybridized carbons (Fsp3) is 0.364. The van der Waals surface area contributed by atoms with Gasteiger partial charge in [0, 0.05) is 11.4 Å². The third-order valence-corrected chi connectivity index (χ3v) is 2.84. The van der Waals surface area contributed by atoms with E-state index in [2.05, 4.69) is 0 Å². The molecule has 0 heterocycles. The molecule has 0 bridgehead atoms. The molecule has 0 radical (unpaired) electrons. The van der Waals surface area contributed by atoms with Crippen molar-refractivity contribution in [3.05, 3.63) is 27.2 Å². The molecule has 0 amide bonds. The van der Waals surface area contributed by atoms with Crippen LogP contribution in [0.3, 0.4) is 0 Å². The van der Waals surface area contributed by atoms with Gasteiger partial charge in [-0.15, -0.1) is 0 Å². The summed E-state index contributed by atoms with van der Waals surface area (Å²) in [5.74, 6) is 0.282. The van der Waals surface area contributed by atoms with E-state index in [0.717, 1.165) is 0 Å². The Kier molecular flexibility index (Phi) is 4.90. The molecule has 1 rings (SSSR count). The van der Waals surface area contributed by atoms with Gasteiger partial charge in [0.15, 0.2) is 17.6 Å². The van der Waals surface area contributed by atoms with E-state index in [1.165, 1.54) is 12.1 Å². The first-order valence-electron chi connectivity index (χ1n) is 4.79. The van der Waals surface area contributed by atoms with E-state index >= 15 is 0 Å². The molecule has 0 fully saturated rings. The van der Waals surface area contributed by atoms with Gasteiger partial charge in [0.2, 0.25) is 0 Å². The second-order valence-corrected chi connectivity index (χ2v) is 4.53. The van der Waals surface area contributed by atoms with Crippen LogP contribution >= 0.6 is 34.8 Å². The minimum atomic E-state index is -0.568. The van der Waals surface area contributed by atoms with Gasteiger partial charge in [-0.25, -0.2) is 0 Å². The van der Waals surface area contributed by atoms with Gasteiger partial charge in [-0.05, 0) is 19.1 Å². The number of carbonyl (C=O) groups is 1. The van der Waals surface area contributed by atoms with Gasteiger partial charge in [-0.1, -0.05) is 41.7 Å². The van der Waals surface area contributed by atoms with Crippen LogP contribution in [0, 0.1) is 0 Å². The topological polar surface area (TPSA) is 26.3 Å². The summed E-state index contributed by atoms with van der Waals surface area (Å²) in [5, 5.41) is 1.03. The first-order valence-corrected chi connectivity index (χ1v) is 5.93. The van der Waals surface area contributed by atoms with Crippen molar-refractivity contribution >= 4 is 40.6 Å². The molecule has 0 saturated carbocycles. The Labute approximate surface area is 109 Å². The zero-order chi connectivity index (χ0) is 12.3. The van der Waals surface area contributed by atoms with Gasteiger partial charge in [-0.2, -0.15) is 0 Å². The van der Waals surface area contributed by atoms with Crippen LogP contribution in [0.15, 0.2) is 12.1 Å². The van der Waals surface area contributed by atoms with Crippen LogP contribution in [0.5, 0.6) is 5.75 Å². The maximum Gasteiger partial charge on any atom is 0.172 e. The molecule has 0 aliphatic rings. The molecule has 0 saturated heterocycles. The summed E-state index contributed by atoms with van der Waals surface area (Å²) in [6.07, 6.45) is -0.162. The van der Waals surface area contributed by atoms with Crippen molar-refractivity contribution in [3.63, 3.8) is 0 Å². The highest BCUT2D eigenvalue weighted by molar-refractivity contribution is 6.40. The minimum Gasteiger partial charge on any atom is -0.480 e. The van der Waals surface area contributed by atoms with E-state index < -0.39 is 6.10 Å². The van der Waals surface area contributed by atoms with Crippen LogP contribution in [-0.2, 0) is 4.79 Å². The number of halogens is 3. The Morgan fingerprint density at radius 2 is 1.81 bits per heavy atom. The van der Waals surface area contributed by atoms with Gasteiger partial charge in [0.05, 0.1) is 10.0 Å². The molecule has 1 unspecified atom stereocenters. The largest absolute Gasteiger partial charge is 0.480 e. The van der Waals surface area contributed by atoms with Gasteiger partial charge in [0.25, 0.3) is 0 Å². The normalized spacial score (nSPS) is 12.3. The fourth-order valence-corrected chi connectivity index (χ4v) is 2.08. The molecule has 2 nitrogen and oxygen atoms in total. The van der Waals surface area contributed by atoms with Crippen LogP contribution in [0.2, 0.25) is 15.1 Å². The summed E-state index contributed by atoms with van der Waals surface area (Å²) in [5.41, 5.74) is 0. The highest BCUT2D eigenvalue weighted by Crippen LogP contribution is 2.36. The Morgan fingerprint density at radius 3 is 2.25 bits per heavy atom. The van der Waals surface area contributed by atoms with Gasteiger partial charge in [0.1, 0.15) is 0 Å². The molecule has 0 spiro atoms. The summed E-state index contributed by atoms with van der Waals surface area (Å²) in [7, 11) is 0. The Morgan fingerprint density at radius 1 is 1.31 bits per heavy atom. The monoisotopic (exact) mass is 280 g/mol. The van der Waals surface area contributed by atoms with Crippen LogP contribution < -0.4 is 4.74 Å². The third kappa shape index (κ3) is 3.27. The van der Waals surface area contributed by atoms with E-state index in [4.69, 9.17) is 39.5 Å². The van der Waals surface area contributed by atoms with E-state index in [9.17, 15) is 4.79 Å². The molecule has 1 aromatic carbocycles. The summed E-state index contributed by atoms with van der Waals surface area (Å²) in [6, 6.07) is 3.04. The number of ketones is 1. The lowest BCUT2D eigenvalue weighted by molar-refractivity contribution is -0.124. The highest BCUT2D eigenvalue weighted by atomic mass is 35.5. The third-order valence-electron chi connectivity index (χ3n) is 2.06. The number of Topliss-reactive ketones (excluding diaryl/α,β-unsaturated/α-hetero) is 1. The summed E-state index contributed by atoms with van der Waals surface area (Å²) in [6.45, 7) is 3.43. The van der Waals surface area contributed by atoms with E-state index in [0.29, 0.717) is 27.2 Å². The number of hydrogen-bond donors (Lipinski definition) is 0. The molecule has 16 heavy (non-hydrogen) atoms. The maximum atomic E-state index is 11.4. The number of ether oxygens (including phenoxy) is 1. The Bertz CT molecular complexity index is 381. The van der Waals surface area contributed by atoms with E-state index in [1.54, 1.807) is 13.8 Å². The quantitative estimate of drug-likeness (QED) is 0.818. The number of benzene rings is 1. The second-order valence-electron chi connectivity index (χ2n) is 3.28. The van der Waals surface area contributed by atoms with Crippen molar-refractivity contribution in [1.29, 1.82) is 0 Å². The summed E-state index contributed by atoms with van der Waals surface area (Å²) in [4.78, 5) is 11.4. The van der Waals surface area contributed by atoms with Crippen LogP contribution in [-0.4, -0.2) is 11.9 Å². The molecule has 1 atom stereocenters. The molecule has 5 heteroatoms. The average Bonchev–Trinajstić information content (AvgIpc) is 2.21. The molecular weight excluding hydrogens is 270 g/mol. The average molecular weight is 282 g/mol. The van der Waals surface area contributed by atoms with E-state index in [-0.39, 0.29) is 5.78 Å². The fourth-order valence-electron chi connectivity index (χ4n) is 1.17. The number of carbonyl (C=O) groups excluding carboxylic acids is 1. The lowest BCUT2D eigenvalue weighted by Gasteiger charge is -2.15. The second kappa shape index (κ2) is 5.76. The summed E-state index contributed by atoms with van der Waals surface area (Å²) < 4.78 is 5.41. The smallest absolute Gasteiger partial charge is 0.172 e. The molecule has 0 aromatic heterocycles. The van der Waals surface area contributed by atoms with Crippen molar-refractivity contribution in [2.75, 3.05) is 0 Å². The minimum absolute atomic E-state index is 0.0120. The molecular formula is C11H11Cl3O2. The molecule has 0 aliphatic heterocycles.